The van der Waals surface area contributed by atoms with Crippen molar-refractivity contribution < 1.29 is 5.11 Å². The minimum Gasteiger partial charge on any atom is -0.389 e. The Morgan fingerprint density at radius 3 is 1.75 bits per heavy atom. The largest absolute Gasteiger partial charge is 0.389 e. The van der Waals surface area contributed by atoms with Gasteiger partial charge in [0.25, 0.3) is 0 Å². The van der Waals surface area contributed by atoms with E-state index in [1.165, 1.54) is 0 Å². The van der Waals surface area contributed by atoms with Gasteiger partial charge in [0, 0.05) is 5.02 Å². The van der Waals surface area contributed by atoms with Gasteiger partial charge >= 0.3 is 0 Å². The van der Waals surface area contributed by atoms with E-state index >= 15 is 0 Å². The van der Waals surface area contributed by atoms with Crippen LogP contribution in [0.25, 0.3) is 11.1 Å². The highest BCUT2D eigenvalue weighted by molar-refractivity contribution is 6.30. The number of benzene rings is 2. The van der Waals surface area contributed by atoms with Crippen LogP contribution in [0.5, 0.6) is 0 Å². The summed E-state index contributed by atoms with van der Waals surface area (Å²) in [6.07, 6.45) is -0.417. The molecule has 0 aromatic heterocycles. The molecule has 0 aliphatic carbocycles. The summed E-state index contributed by atoms with van der Waals surface area (Å²) < 4.78 is 0. The molecule has 0 spiro atoms. The second kappa shape index (κ2) is 4.69. The molecule has 0 radical (unpaired) electrons. The summed E-state index contributed by atoms with van der Waals surface area (Å²) in [7, 11) is 0. The zero-order valence-electron chi connectivity index (χ0n) is 9.02. The third-order valence-corrected chi connectivity index (χ3v) is 2.82. The minimum absolute atomic E-state index is 0.417. The van der Waals surface area contributed by atoms with Crippen LogP contribution < -0.4 is 0 Å². The highest BCUT2D eigenvalue weighted by atomic mass is 35.5. The Kier molecular flexibility index (Phi) is 3.28. The SMILES string of the molecule is CC(O)c1ccc(-c2ccc(Cl)cc2)cc1. The lowest BCUT2D eigenvalue weighted by molar-refractivity contribution is 0.199. The molecule has 1 unspecified atom stereocenters. The maximum absolute atomic E-state index is 9.40. The van der Waals surface area contributed by atoms with Crippen LogP contribution in [-0.4, -0.2) is 5.11 Å². The highest BCUT2D eigenvalue weighted by Gasteiger charge is 2.01. The van der Waals surface area contributed by atoms with Crippen LogP contribution in [-0.2, 0) is 0 Å². The number of hydrogen-bond acceptors (Lipinski definition) is 1. The predicted octanol–water partition coefficient (Wildman–Crippen LogP) is 4.06. The van der Waals surface area contributed by atoms with Crippen LogP contribution in [0.1, 0.15) is 18.6 Å². The summed E-state index contributed by atoms with van der Waals surface area (Å²) in [5, 5.41) is 10.1. The van der Waals surface area contributed by atoms with Crippen molar-refractivity contribution in [3.05, 3.63) is 59.1 Å². The van der Waals surface area contributed by atoms with Crippen LogP contribution in [0.2, 0.25) is 5.02 Å². The Labute approximate surface area is 100 Å². The van der Waals surface area contributed by atoms with Gasteiger partial charge in [-0.05, 0) is 35.7 Å². The molecule has 0 saturated heterocycles. The first kappa shape index (κ1) is 11.2. The van der Waals surface area contributed by atoms with Gasteiger partial charge in [-0.2, -0.15) is 0 Å². The van der Waals surface area contributed by atoms with Crippen LogP contribution >= 0.6 is 11.6 Å². The van der Waals surface area contributed by atoms with Crippen molar-refractivity contribution in [2.24, 2.45) is 0 Å². The molecule has 1 N–H and O–H groups in total. The van der Waals surface area contributed by atoms with Crippen LogP contribution in [0.3, 0.4) is 0 Å². The second-order valence-corrected chi connectivity index (χ2v) is 4.24. The van der Waals surface area contributed by atoms with E-state index in [0.717, 1.165) is 21.7 Å². The van der Waals surface area contributed by atoms with Crippen molar-refractivity contribution in [3.8, 4) is 11.1 Å². The Morgan fingerprint density at radius 1 is 0.875 bits per heavy atom. The maximum atomic E-state index is 9.40. The van der Waals surface area contributed by atoms with Crippen molar-refractivity contribution in [1.82, 2.24) is 0 Å². The first-order valence-corrected chi connectivity index (χ1v) is 5.58. The molecule has 2 heteroatoms. The van der Waals surface area contributed by atoms with Gasteiger partial charge in [-0.15, -0.1) is 0 Å². The summed E-state index contributed by atoms with van der Waals surface area (Å²) in [4.78, 5) is 0. The second-order valence-electron chi connectivity index (χ2n) is 3.80. The van der Waals surface area contributed by atoms with Crippen molar-refractivity contribution in [2.45, 2.75) is 13.0 Å². The standard InChI is InChI=1S/C14H13ClO/c1-10(16)11-2-4-12(5-3-11)13-6-8-14(15)9-7-13/h2-10,16H,1H3. The van der Waals surface area contributed by atoms with Crippen molar-refractivity contribution in [3.63, 3.8) is 0 Å². The number of hydrogen-bond donors (Lipinski definition) is 1. The van der Waals surface area contributed by atoms with E-state index in [1.54, 1.807) is 6.92 Å². The van der Waals surface area contributed by atoms with E-state index in [1.807, 2.05) is 48.5 Å². The summed E-state index contributed by atoms with van der Waals surface area (Å²) in [5.41, 5.74) is 3.18. The van der Waals surface area contributed by atoms with Gasteiger partial charge in [0.2, 0.25) is 0 Å². The number of halogens is 1. The first-order valence-electron chi connectivity index (χ1n) is 5.21. The molecule has 1 nitrogen and oxygen atoms in total. The maximum Gasteiger partial charge on any atom is 0.0761 e. The number of aliphatic hydroxyl groups excluding tert-OH is 1. The molecule has 0 aliphatic heterocycles. The lowest BCUT2D eigenvalue weighted by atomic mass is 10.0. The monoisotopic (exact) mass is 232 g/mol. The number of aliphatic hydroxyl groups is 1. The van der Waals surface area contributed by atoms with Gasteiger partial charge in [0.15, 0.2) is 0 Å². The van der Waals surface area contributed by atoms with Crippen molar-refractivity contribution in [1.29, 1.82) is 0 Å². The molecular formula is C14H13ClO. The van der Waals surface area contributed by atoms with Gasteiger partial charge in [-0.25, -0.2) is 0 Å². The van der Waals surface area contributed by atoms with Gasteiger partial charge in [-0.3, -0.25) is 0 Å². The molecule has 2 aromatic carbocycles. The summed E-state index contributed by atoms with van der Waals surface area (Å²) in [5.74, 6) is 0. The van der Waals surface area contributed by atoms with Gasteiger partial charge in [0.05, 0.1) is 6.10 Å². The van der Waals surface area contributed by atoms with Crippen LogP contribution in [0.15, 0.2) is 48.5 Å². The Bertz CT molecular complexity index is 457. The quantitative estimate of drug-likeness (QED) is 0.828. The first-order chi connectivity index (χ1) is 7.66. The van der Waals surface area contributed by atoms with Gasteiger partial charge < -0.3 is 5.11 Å². The van der Waals surface area contributed by atoms with Gasteiger partial charge in [0.1, 0.15) is 0 Å². The average Bonchev–Trinajstić information content (AvgIpc) is 2.30. The molecule has 2 aromatic rings. The summed E-state index contributed by atoms with van der Waals surface area (Å²) in [6, 6.07) is 15.6. The fraction of sp³-hybridized carbons (Fsp3) is 0.143. The van der Waals surface area contributed by atoms with E-state index < -0.39 is 6.10 Å². The van der Waals surface area contributed by atoms with E-state index in [4.69, 9.17) is 11.6 Å². The lowest BCUT2D eigenvalue weighted by Crippen LogP contribution is -1.89. The normalized spacial score (nSPS) is 12.4. The number of rotatable bonds is 2. The average molecular weight is 233 g/mol. The fourth-order valence-electron chi connectivity index (χ4n) is 1.60. The molecule has 82 valence electrons. The molecule has 1 atom stereocenters. The van der Waals surface area contributed by atoms with E-state index in [9.17, 15) is 5.11 Å². The topological polar surface area (TPSA) is 20.2 Å². The molecule has 0 fully saturated rings. The van der Waals surface area contributed by atoms with E-state index in [2.05, 4.69) is 0 Å². The van der Waals surface area contributed by atoms with E-state index in [0.29, 0.717) is 0 Å². The van der Waals surface area contributed by atoms with Crippen molar-refractivity contribution >= 4 is 11.6 Å². The molecule has 0 heterocycles. The molecule has 0 aliphatic rings. The minimum atomic E-state index is -0.417. The van der Waals surface area contributed by atoms with Crippen LogP contribution in [0.4, 0.5) is 0 Å². The molecular weight excluding hydrogens is 220 g/mol. The van der Waals surface area contributed by atoms with Gasteiger partial charge in [-0.1, -0.05) is 48.0 Å². The molecule has 0 bridgehead atoms. The predicted molar refractivity (Wildman–Crippen MR) is 67.5 cm³/mol. The Hall–Kier alpha value is -1.31. The van der Waals surface area contributed by atoms with Crippen molar-refractivity contribution in [2.75, 3.05) is 0 Å². The summed E-state index contributed by atoms with van der Waals surface area (Å²) in [6.45, 7) is 1.76. The highest BCUT2D eigenvalue weighted by Crippen LogP contribution is 2.23. The third-order valence-electron chi connectivity index (χ3n) is 2.57. The van der Waals surface area contributed by atoms with Crippen LogP contribution in [0, 0.1) is 0 Å². The van der Waals surface area contributed by atoms with E-state index in [-0.39, 0.29) is 0 Å². The molecule has 16 heavy (non-hydrogen) atoms. The smallest absolute Gasteiger partial charge is 0.0761 e. The Balaban J connectivity index is 2.31. The molecule has 2 rings (SSSR count). The molecule has 0 saturated carbocycles. The Morgan fingerprint density at radius 2 is 1.31 bits per heavy atom. The zero-order chi connectivity index (χ0) is 11.5. The lowest BCUT2D eigenvalue weighted by Gasteiger charge is -2.06. The zero-order valence-corrected chi connectivity index (χ0v) is 9.78. The molecule has 0 amide bonds. The summed E-state index contributed by atoms with van der Waals surface area (Å²) >= 11 is 5.83. The third kappa shape index (κ3) is 2.43. The fourth-order valence-corrected chi connectivity index (χ4v) is 1.72.